The van der Waals surface area contributed by atoms with Crippen LogP contribution in [0.5, 0.6) is 0 Å². The fourth-order valence-electron chi connectivity index (χ4n) is 10.2. The molecular weight excluding hydrogens is 520 g/mol. The minimum atomic E-state index is 0.939. The summed E-state index contributed by atoms with van der Waals surface area (Å²) >= 11 is 0. The topological polar surface area (TPSA) is 9.23 Å². The number of hydrogen-bond acceptors (Lipinski definition) is 1. The van der Waals surface area contributed by atoms with Crippen LogP contribution in [-0.4, -0.2) is 13.2 Å². The highest BCUT2D eigenvalue weighted by molar-refractivity contribution is 5.08. The second-order valence-electron chi connectivity index (χ2n) is 16.1. The van der Waals surface area contributed by atoms with E-state index >= 15 is 0 Å². The van der Waals surface area contributed by atoms with Gasteiger partial charge in [-0.2, -0.15) is 0 Å². The van der Waals surface area contributed by atoms with Crippen LogP contribution in [0, 0.1) is 47.3 Å². The fraction of sp³-hybridized carbons (Fsp3) is 0.905. The Bertz CT molecular complexity index is 726. The monoisotopic (exact) mass is 595 g/mol. The van der Waals surface area contributed by atoms with Crippen LogP contribution in [0.3, 0.4) is 0 Å². The highest BCUT2D eigenvalue weighted by Gasteiger charge is 2.31. The third-order valence-corrected chi connectivity index (χ3v) is 13.2. The first-order valence-electron chi connectivity index (χ1n) is 20.0. The maximum Gasteiger partial charge on any atom is 0.0503 e. The summed E-state index contributed by atoms with van der Waals surface area (Å²) in [6, 6.07) is 0. The van der Waals surface area contributed by atoms with Crippen LogP contribution < -0.4 is 0 Å². The average Bonchev–Trinajstić information content (AvgIpc) is 3.05. The van der Waals surface area contributed by atoms with Gasteiger partial charge in [0.05, 0.1) is 13.2 Å². The third kappa shape index (κ3) is 12.0. The van der Waals surface area contributed by atoms with Crippen molar-refractivity contribution in [1.29, 1.82) is 0 Å². The van der Waals surface area contributed by atoms with Gasteiger partial charge in [-0.15, -0.1) is 0 Å². The molecule has 0 aromatic heterocycles. The van der Waals surface area contributed by atoms with Crippen molar-refractivity contribution in [2.75, 3.05) is 13.2 Å². The van der Waals surface area contributed by atoms with E-state index in [2.05, 4.69) is 39.8 Å². The molecular formula is C42H74O. The molecule has 0 spiro atoms. The Morgan fingerprint density at radius 3 is 1.30 bits per heavy atom. The van der Waals surface area contributed by atoms with E-state index in [0.29, 0.717) is 0 Å². The van der Waals surface area contributed by atoms with Crippen molar-refractivity contribution in [3.63, 3.8) is 0 Å². The molecule has 0 heterocycles. The molecule has 1 nitrogen and oxygen atoms in total. The van der Waals surface area contributed by atoms with Gasteiger partial charge in [-0.3, -0.25) is 0 Å². The van der Waals surface area contributed by atoms with Crippen LogP contribution in [0.25, 0.3) is 0 Å². The van der Waals surface area contributed by atoms with Crippen molar-refractivity contribution < 1.29 is 4.74 Å². The van der Waals surface area contributed by atoms with E-state index in [9.17, 15) is 0 Å². The van der Waals surface area contributed by atoms with Crippen molar-refractivity contribution >= 4 is 0 Å². The fourth-order valence-corrected chi connectivity index (χ4v) is 10.2. The zero-order chi connectivity index (χ0) is 30.3. The standard InChI is InChI=1S/C42H74O/c1-5-9-33(7-3)31-37-15-23-41(24-16-37)39-19-11-35(12-20-39)27-29-43-30-28-36-13-21-40(22-14-36)42-25-17-38(18-26-42)32-34(8-4)10-6-2/h11,13,33-34,37-42H,5-10,12,14-32H2,1-4H3. The lowest BCUT2D eigenvalue weighted by Gasteiger charge is -2.36. The second-order valence-corrected chi connectivity index (χ2v) is 16.1. The quantitative estimate of drug-likeness (QED) is 0.113. The first-order chi connectivity index (χ1) is 21.1. The Kier molecular flexibility index (Phi) is 16.3. The van der Waals surface area contributed by atoms with E-state index in [1.54, 1.807) is 11.1 Å². The smallest absolute Gasteiger partial charge is 0.0503 e. The molecule has 0 N–H and O–H groups in total. The largest absolute Gasteiger partial charge is 0.381 e. The molecule has 1 heteroatoms. The molecule has 0 aromatic carbocycles. The molecule has 0 radical (unpaired) electrons. The molecule has 0 amide bonds. The minimum absolute atomic E-state index is 0.939. The van der Waals surface area contributed by atoms with E-state index in [1.165, 1.54) is 154 Å². The van der Waals surface area contributed by atoms with Crippen LogP contribution >= 0.6 is 0 Å². The molecule has 0 aliphatic heterocycles. The lowest BCUT2D eigenvalue weighted by molar-refractivity contribution is 0.135. The van der Waals surface area contributed by atoms with Crippen LogP contribution in [0.4, 0.5) is 0 Å². The molecule has 4 rings (SSSR count). The number of hydrogen-bond donors (Lipinski definition) is 0. The van der Waals surface area contributed by atoms with Crippen molar-refractivity contribution in [3.8, 4) is 0 Å². The van der Waals surface area contributed by atoms with Gasteiger partial charge >= 0.3 is 0 Å². The molecule has 248 valence electrons. The van der Waals surface area contributed by atoms with Gasteiger partial charge in [0, 0.05) is 0 Å². The molecule has 2 saturated carbocycles. The Hall–Kier alpha value is -0.560. The SMILES string of the molecule is CCCC(CC)CC1CCC(C2CC=C(CCOCCC3=CCC(C4CCC(CC(CC)CCC)CC4)CC3)CC2)CC1. The van der Waals surface area contributed by atoms with E-state index in [-0.39, 0.29) is 0 Å². The summed E-state index contributed by atoms with van der Waals surface area (Å²) in [6.45, 7) is 11.4. The molecule has 43 heavy (non-hydrogen) atoms. The zero-order valence-electron chi connectivity index (χ0n) is 29.6. The summed E-state index contributed by atoms with van der Waals surface area (Å²) in [5.41, 5.74) is 3.39. The number of allylic oxidation sites excluding steroid dienone is 2. The lowest BCUT2D eigenvalue weighted by Crippen LogP contribution is -2.24. The van der Waals surface area contributed by atoms with Gasteiger partial charge in [0.25, 0.3) is 0 Å². The molecule has 2 fully saturated rings. The van der Waals surface area contributed by atoms with E-state index < -0.39 is 0 Å². The summed E-state index contributed by atoms with van der Waals surface area (Å²) in [5, 5.41) is 0. The summed E-state index contributed by atoms with van der Waals surface area (Å²) in [4.78, 5) is 0. The predicted molar refractivity (Wildman–Crippen MR) is 188 cm³/mol. The summed E-state index contributed by atoms with van der Waals surface area (Å²) in [7, 11) is 0. The maximum atomic E-state index is 6.18. The summed E-state index contributed by atoms with van der Waals surface area (Å²) < 4.78 is 6.18. The lowest BCUT2D eigenvalue weighted by atomic mass is 9.69. The molecule has 4 aliphatic rings. The van der Waals surface area contributed by atoms with Crippen LogP contribution in [0.2, 0.25) is 0 Å². The highest BCUT2D eigenvalue weighted by Crippen LogP contribution is 2.43. The van der Waals surface area contributed by atoms with Crippen LogP contribution in [-0.2, 0) is 4.74 Å². The van der Waals surface area contributed by atoms with Crippen molar-refractivity contribution in [2.24, 2.45) is 47.3 Å². The first kappa shape index (κ1) is 35.3. The molecule has 0 saturated heterocycles. The van der Waals surface area contributed by atoms with Crippen LogP contribution in [0.15, 0.2) is 23.3 Å². The van der Waals surface area contributed by atoms with Gasteiger partial charge in [0.1, 0.15) is 0 Å². The highest BCUT2D eigenvalue weighted by atomic mass is 16.5. The van der Waals surface area contributed by atoms with Gasteiger partial charge < -0.3 is 4.74 Å². The summed E-state index contributed by atoms with van der Waals surface area (Å²) in [6.07, 6.45) is 39.5. The van der Waals surface area contributed by atoms with Gasteiger partial charge in [0.15, 0.2) is 0 Å². The second kappa shape index (κ2) is 19.8. The van der Waals surface area contributed by atoms with E-state index in [4.69, 9.17) is 4.74 Å². The maximum absolute atomic E-state index is 6.18. The van der Waals surface area contributed by atoms with Crippen molar-refractivity contribution in [3.05, 3.63) is 23.3 Å². The van der Waals surface area contributed by atoms with E-state index in [1.807, 2.05) is 0 Å². The molecule has 0 aromatic rings. The Balaban J connectivity index is 1.03. The zero-order valence-corrected chi connectivity index (χ0v) is 29.6. The number of ether oxygens (including phenoxy) is 1. The Labute approximate surface area is 269 Å². The van der Waals surface area contributed by atoms with Gasteiger partial charge in [0.2, 0.25) is 0 Å². The predicted octanol–water partition coefficient (Wildman–Crippen LogP) is 13.3. The molecule has 4 atom stereocenters. The van der Waals surface area contributed by atoms with Crippen molar-refractivity contribution in [2.45, 2.75) is 182 Å². The Morgan fingerprint density at radius 1 is 0.558 bits per heavy atom. The van der Waals surface area contributed by atoms with Gasteiger partial charge in [-0.05, 0) is 137 Å². The normalized spacial score (nSPS) is 31.7. The van der Waals surface area contributed by atoms with Crippen LogP contribution in [0.1, 0.15) is 182 Å². The third-order valence-electron chi connectivity index (χ3n) is 13.2. The first-order valence-corrected chi connectivity index (χ1v) is 20.0. The van der Waals surface area contributed by atoms with E-state index in [0.717, 1.165) is 60.6 Å². The average molecular weight is 595 g/mol. The summed E-state index contributed by atoms with van der Waals surface area (Å²) in [5.74, 6) is 8.02. The Morgan fingerprint density at radius 2 is 0.977 bits per heavy atom. The molecule has 4 unspecified atom stereocenters. The van der Waals surface area contributed by atoms with Gasteiger partial charge in [-0.1, -0.05) is 115 Å². The van der Waals surface area contributed by atoms with Crippen molar-refractivity contribution in [1.82, 2.24) is 0 Å². The molecule has 0 bridgehead atoms. The molecule has 4 aliphatic carbocycles. The van der Waals surface area contributed by atoms with Gasteiger partial charge in [-0.25, -0.2) is 0 Å². The number of rotatable bonds is 18. The minimum Gasteiger partial charge on any atom is -0.381 e.